The smallest absolute Gasteiger partial charge is 0.229 e. The number of aromatic nitrogens is 3. The summed E-state index contributed by atoms with van der Waals surface area (Å²) in [5, 5.41) is 13.5. The Bertz CT molecular complexity index is 947. The predicted octanol–water partition coefficient (Wildman–Crippen LogP) is 3.89. The van der Waals surface area contributed by atoms with E-state index in [1.54, 1.807) is 0 Å². The van der Waals surface area contributed by atoms with Crippen LogP contribution in [0.3, 0.4) is 0 Å². The normalized spacial score (nSPS) is 25.0. The molecular weight excluding hydrogens is 394 g/mol. The van der Waals surface area contributed by atoms with Crippen molar-refractivity contribution in [1.29, 1.82) is 5.26 Å². The van der Waals surface area contributed by atoms with Gasteiger partial charge in [-0.3, -0.25) is 4.90 Å². The van der Waals surface area contributed by atoms with Gasteiger partial charge in [0, 0.05) is 31.3 Å². The lowest BCUT2D eigenvalue weighted by Gasteiger charge is -2.56. The number of hydrogen-bond donors (Lipinski definition) is 1. The van der Waals surface area contributed by atoms with E-state index >= 15 is 0 Å². The van der Waals surface area contributed by atoms with Gasteiger partial charge >= 0.3 is 0 Å². The summed E-state index contributed by atoms with van der Waals surface area (Å²) in [5.74, 6) is 3.54. The Hall–Kier alpha value is -2.24. The second-order valence-electron chi connectivity index (χ2n) is 9.22. The number of hydrogen-bond acceptors (Lipinski definition) is 8. The molecule has 30 heavy (non-hydrogen) atoms. The van der Waals surface area contributed by atoms with E-state index in [9.17, 15) is 5.26 Å². The van der Waals surface area contributed by atoms with E-state index in [-0.39, 0.29) is 5.54 Å². The molecule has 0 aromatic carbocycles. The highest BCUT2D eigenvalue weighted by atomic mass is 32.1. The number of nitrogens with zero attached hydrogens (tertiary/aromatic N) is 6. The molecule has 2 atom stereocenters. The van der Waals surface area contributed by atoms with Crippen molar-refractivity contribution in [2.24, 2.45) is 11.8 Å². The van der Waals surface area contributed by atoms with Crippen molar-refractivity contribution in [1.82, 2.24) is 19.2 Å². The zero-order valence-corrected chi connectivity index (χ0v) is 18.6. The summed E-state index contributed by atoms with van der Waals surface area (Å²) in [4.78, 5) is 14.4. The van der Waals surface area contributed by atoms with E-state index in [4.69, 9.17) is 4.98 Å². The Morgan fingerprint density at radius 3 is 2.70 bits per heavy atom. The van der Waals surface area contributed by atoms with Crippen LogP contribution in [0.5, 0.6) is 0 Å². The second kappa shape index (κ2) is 7.78. The Kier molecular flexibility index (Phi) is 5.11. The minimum Gasteiger partial charge on any atom is -0.352 e. The maximum atomic E-state index is 9.24. The van der Waals surface area contributed by atoms with E-state index in [1.165, 1.54) is 43.9 Å². The molecule has 2 saturated heterocycles. The second-order valence-corrected chi connectivity index (χ2v) is 10.0. The quantitative estimate of drug-likeness (QED) is 0.755. The zero-order chi connectivity index (χ0) is 20.7. The van der Waals surface area contributed by atoms with Crippen LogP contribution in [0.15, 0.2) is 12.3 Å². The molecule has 1 N–H and O–H groups in total. The third-order valence-corrected chi connectivity index (χ3v) is 7.86. The first-order valence-electron chi connectivity index (χ1n) is 11.0. The molecule has 5 rings (SSSR count). The summed E-state index contributed by atoms with van der Waals surface area (Å²) in [5.41, 5.74) is 2.20. The van der Waals surface area contributed by atoms with Crippen LogP contribution in [0.1, 0.15) is 43.4 Å². The topological polar surface area (TPSA) is 81.0 Å². The van der Waals surface area contributed by atoms with Gasteiger partial charge in [-0.15, -0.1) is 0 Å². The van der Waals surface area contributed by atoms with Crippen molar-refractivity contribution in [3.05, 3.63) is 23.5 Å². The number of fused-ring (bicyclic) bond motifs is 1. The summed E-state index contributed by atoms with van der Waals surface area (Å²) in [7, 11) is 0. The van der Waals surface area contributed by atoms with Crippen molar-refractivity contribution in [3.8, 4) is 6.07 Å². The van der Waals surface area contributed by atoms with Crippen molar-refractivity contribution < 1.29 is 0 Å². The van der Waals surface area contributed by atoms with Crippen LogP contribution in [0.25, 0.3) is 0 Å². The SMILES string of the molecule is Cc1cc(Nc2ncc(C)c(N3CC(CCC#N)(N4CCC5CC5CC4)C3)n2)sn1. The number of anilines is 3. The number of nitrogens with one attached hydrogen (secondary N) is 1. The average molecular weight is 424 g/mol. The van der Waals surface area contributed by atoms with Gasteiger partial charge in [0.15, 0.2) is 0 Å². The van der Waals surface area contributed by atoms with Crippen molar-refractivity contribution in [2.75, 3.05) is 36.4 Å². The van der Waals surface area contributed by atoms with Crippen LogP contribution in [0, 0.1) is 37.0 Å². The van der Waals surface area contributed by atoms with Crippen molar-refractivity contribution in [3.63, 3.8) is 0 Å². The lowest BCUT2D eigenvalue weighted by molar-refractivity contribution is 0.0509. The van der Waals surface area contributed by atoms with Gasteiger partial charge in [0.1, 0.15) is 10.8 Å². The monoisotopic (exact) mass is 423 g/mol. The fourth-order valence-electron chi connectivity index (χ4n) is 5.21. The maximum absolute atomic E-state index is 9.24. The molecular formula is C22H29N7S. The van der Waals surface area contributed by atoms with Gasteiger partial charge in [0.25, 0.3) is 0 Å². The lowest BCUT2D eigenvalue weighted by Crippen LogP contribution is -2.70. The number of aryl methyl sites for hydroxylation is 2. The van der Waals surface area contributed by atoms with Crippen LogP contribution >= 0.6 is 11.5 Å². The van der Waals surface area contributed by atoms with Gasteiger partial charge in [-0.2, -0.15) is 14.6 Å². The summed E-state index contributed by atoms with van der Waals surface area (Å²) in [6.45, 7) is 8.31. The highest BCUT2D eigenvalue weighted by Crippen LogP contribution is 2.48. The minimum atomic E-state index is 0.117. The third kappa shape index (κ3) is 3.77. The minimum absolute atomic E-state index is 0.117. The molecule has 0 radical (unpaired) electrons. The average Bonchev–Trinajstić information content (AvgIpc) is 3.37. The Labute approximate surface area is 182 Å². The molecule has 2 aromatic rings. The first kappa shape index (κ1) is 19.7. The summed E-state index contributed by atoms with van der Waals surface area (Å²) in [6.07, 6.45) is 7.57. The molecule has 0 bridgehead atoms. The van der Waals surface area contributed by atoms with Crippen LogP contribution in [-0.4, -0.2) is 51.0 Å². The fraction of sp³-hybridized carbons (Fsp3) is 0.636. The Morgan fingerprint density at radius 2 is 2.03 bits per heavy atom. The molecule has 1 aliphatic carbocycles. The molecule has 0 spiro atoms. The number of likely N-dealkylation sites (tertiary alicyclic amines) is 1. The molecule has 1 saturated carbocycles. The first-order chi connectivity index (χ1) is 14.6. The van der Waals surface area contributed by atoms with Gasteiger partial charge in [-0.05, 0) is 82.1 Å². The van der Waals surface area contributed by atoms with Gasteiger partial charge in [0.05, 0.1) is 17.3 Å². The van der Waals surface area contributed by atoms with Gasteiger partial charge < -0.3 is 10.2 Å². The standard InChI is InChI=1S/C22H29N7S/c1-15-12-24-21(25-19-10-16(2)27-30-19)26-20(15)28-13-22(14-28,6-3-7-23)29-8-4-17-11-18(17)5-9-29/h10,12,17-18H,3-6,8-9,11,13-14H2,1-2H3,(H,24,25,26). The Morgan fingerprint density at radius 1 is 1.27 bits per heavy atom. The largest absolute Gasteiger partial charge is 0.352 e. The van der Waals surface area contributed by atoms with Crippen LogP contribution in [-0.2, 0) is 0 Å². The lowest BCUT2D eigenvalue weighted by atomic mass is 9.82. The number of nitriles is 1. The van der Waals surface area contributed by atoms with Crippen LogP contribution in [0.2, 0.25) is 0 Å². The summed E-state index contributed by atoms with van der Waals surface area (Å²) in [6, 6.07) is 4.39. The highest BCUT2D eigenvalue weighted by molar-refractivity contribution is 7.10. The molecule has 158 valence electrons. The van der Waals surface area contributed by atoms with E-state index in [1.807, 2.05) is 19.2 Å². The van der Waals surface area contributed by atoms with Crippen molar-refractivity contribution in [2.45, 2.75) is 51.5 Å². The number of rotatable bonds is 6. The van der Waals surface area contributed by atoms with Crippen LogP contribution < -0.4 is 10.2 Å². The van der Waals surface area contributed by atoms with Crippen molar-refractivity contribution >= 4 is 28.3 Å². The maximum Gasteiger partial charge on any atom is 0.229 e. The molecule has 4 heterocycles. The highest BCUT2D eigenvalue weighted by Gasteiger charge is 2.50. The Balaban J connectivity index is 1.31. The molecule has 2 unspecified atom stereocenters. The van der Waals surface area contributed by atoms with Gasteiger partial charge in [-0.1, -0.05) is 0 Å². The molecule has 8 heteroatoms. The van der Waals surface area contributed by atoms with Gasteiger partial charge in [-0.25, -0.2) is 4.98 Å². The zero-order valence-electron chi connectivity index (χ0n) is 17.8. The summed E-state index contributed by atoms with van der Waals surface area (Å²) < 4.78 is 4.31. The molecule has 3 aliphatic rings. The molecule has 2 aliphatic heterocycles. The van der Waals surface area contributed by atoms with Gasteiger partial charge in [0.2, 0.25) is 5.95 Å². The van der Waals surface area contributed by atoms with E-state index < -0.39 is 0 Å². The first-order valence-corrected chi connectivity index (χ1v) is 11.7. The van der Waals surface area contributed by atoms with Crippen LogP contribution in [0.4, 0.5) is 16.8 Å². The molecule has 0 amide bonds. The fourth-order valence-corrected chi connectivity index (χ4v) is 5.87. The molecule has 3 fully saturated rings. The third-order valence-electron chi connectivity index (χ3n) is 7.06. The summed E-state index contributed by atoms with van der Waals surface area (Å²) >= 11 is 1.42. The van der Waals surface area contributed by atoms with E-state index in [0.717, 1.165) is 53.4 Å². The van der Waals surface area contributed by atoms with E-state index in [2.05, 4.69) is 37.5 Å². The predicted molar refractivity (Wildman–Crippen MR) is 119 cm³/mol. The molecule has 2 aromatic heterocycles. The van der Waals surface area contributed by atoms with E-state index in [0.29, 0.717) is 12.4 Å². The molecule has 7 nitrogen and oxygen atoms in total.